The summed E-state index contributed by atoms with van der Waals surface area (Å²) in [5, 5.41) is 8.55. The van der Waals surface area contributed by atoms with Crippen LogP contribution in [0.1, 0.15) is 52.7 Å². The second-order valence-electron chi connectivity index (χ2n) is 6.15. The maximum atomic E-state index is 8.55. The predicted molar refractivity (Wildman–Crippen MR) is 120 cm³/mol. The highest BCUT2D eigenvalue weighted by Gasteiger charge is 2.16. The number of nitrogens with zero attached hydrogens (tertiary/aromatic N) is 3. The van der Waals surface area contributed by atoms with Crippen LogP contribution in [-0.2, 0) is 4.74 Å². The number of nitrogens with two attached hydrogens (primary N) is 1. The molecule has 0 saturated carbocycles. The lowest BCUT2D eigenvalue weighted by Gasteiger charge is -2.28. The molecule has 0 bridgehead atoms. The lowest BCUT2D eigenvalue weighted by atomic mass is 10.0. The standard InChI is InChI=1S/C18H23N5O2.2C2H6/c1-12(2)25-14-10-15(18(20)22-11-14)17(19)13-3-4-21-16(9-13)23-5-7-24-8-6-23;2*1-2/h3-4,9-12,19H,5-8H2,1-2H3,(H2,20,22);2*1-2H3. The summed E-state index contributed by atoms with van der Waals surface area (Å²) in [4.78, 5) is 10.7. The Hall–Kier alpha value is -2.67. The summed E-state index contributed by atoms with van der Waals surface area (Å²) in [6, 6.07) is 5.48. The normalized spacial score (nSPS) is 13.0. The molecular weight excluding hydrogens is 366 g/mol. The van der Waals surface area contributed by atoms with Crippen molar-refractivity contribution in [3.8, 4) is 5.75 Å². The Bertz CT molecular complexity index is 759. The van der Waals surface area contributed by atoms with Crippen molar-refractivity contribution in [2.45, 2.75) is 47.6 Å². The third kappa shape index (κ3) is 7.02. The van der Waals surface area contributed by atoms with Gasteiger partial charge in [-0.05, 0) is 32.0 Å². The molecule has 3 heterocycles. The Kier molecular flexibility index (Phi) is 10.7. The molecule has 0 aromatic carbocycles. The van der Waals surface area contributed by atoms with E-state index in [-0.39, 0.29) is 6.10 Å². The van der Waals surface area contributed by atoms with Crippen LogP contribution in [-0.4, -0.2) is 48.1 Å². The molecule has 7 heteroatoms. The first-order valence-corrected chi connectivity index (χ1v) is 10.3. The van der Waals surface area contributed by atoms with E-state index >= 15 is 0 Å². The Morgan fingerprint density at radius 3 is 2.41 bits per heavy atom. The monoisotopic (exact) mass is 401 g/mol. The molecule has 1 saturated heterocycles. The molecule has 1 aliphatic heterocycles. The van der Waals surface area contributed by atoms with Gasteiger partial charge >= 0.3 is 0 Å². The molecule has 1 aliphatic rings. The summed E-state index contributed by atoms with van der Waals surface area (Å²) in [6.45, 7) is 14.9. The molecule has 0 atom stereocenters. The van der Waals surface area contributed by atoms with Crippen LogP contribution < -0.4 is 15.4 Å². The zero-order valence-corrected chi connectivity index (χ0v) is 18.5. The van der Waals surface area contributed by atoms with Gasteiger partial charge in [0.2, 0.25) is 0 Å². The van der Waals surface area contributed by atoms with Crippen LogP contribution in [0.4, 0.5) is 11.6 Å². The number of ether oxygens (including phenoxy) is 2. The third-order valence-corrected chi connectivity index (χ3v) is 3.90. The van der Waals surface area contributed by atoms with E-state index in [4.69, 9.17) is 20.6 Å². The predicted octanol–water partition coefficient (Wildman–Crippen LogP) is 4.15. The SMILES string of the molecule is CC.CC.CC(C)Oc1cnc(N)c(C(=N)c2ccnc(N3CCOCC3)c2)c1. The van der Waals surface area contributed by atoms with Crippen molar-refractivity contribution in [3.05, 3.63) is 41.7 Å². The largest absolute Gasteiger partial charge is 0.489 e. The smallest absolute Gasteiger partial charge is 0.138 e. The quantitative estimate of drug-likeness (QED) is 0.731. The number of aromatic nitrogens is 2. The first-order chi connectivity index (χ1) is 14.0. The van der Waals surface area contributed by atoms with Crippen LogP contribution in [0.15, 0.2) is 30.6 Å². The Morgan fingerprint density at radius 2 is 1.79 bits per heavy atom. The van der Waals surface area contributed by atoms with E-state index in [0.29, 0.717) is 36.1 Å². The summed E-state index contributed by atoms with van der Waals surface area (Å²) in [5.41, 5.74) is 7.59. The zero-order valence-electron chi connectivity index (χ0n) is 18.5. The Balaban J connectivity index is 0.000000989. The molecule has 0 unspecified atom stereocenters. The summed E-state index contributed by atoms with van der Waals surface area (Å²) in [6.07, 6.45) is 3.33. The minimum Gasteiger partial charge on any atom is -0.489 e. The highest BCUT2D eigenvalue weighted by Crippen LogP contribution is 2.23. The minimum absolute atomic E-state index is 0.0290. The number of rotatable bonds is 5. The van der Waals surface area contributed by atoms with Gasteiger partial charge in [0.05, 0.1) is 31.2 Å². The summed E-state index contributed by atoms with van der Waals surface area (Å²) in [7, 11) is 0. The first kappa shape index (κ1) is 24.4. The van der Waals surface area contributed by atoms with Crippen molar-refractivity contribution in [2.24, 2.45) is 0 Å². The molecule has 2 aromatic heterocycles. The van der Waals surface area contributed by atoms with Gasteiger partial charge in [0, 0.05) is 30.4 Å². The molecule has 0 amide bonds. The molecular formula is C22H35N5O2. The van der Waals surface area contributed by atoms with E-state index in [1.54, 1.807) is 18.5 Å². The molecule has 29 heavy (non-hydrogen) atoms. The van der Waals surface area contributed by atoms with Crippen LogP contribution in [0.2, 0.25) is 0 Å². The van der Waals surface area contributed by atoms with E-state index < -0.39 is 0 Å². The lowest BCUT2D eigenvalue weighted by molar-refractivity contribution is 0.122. The Morgan fingerprint density at radius 1 is 1.14 bits per heavy atom. The highest BCUT2D eigenvalue weighted by atomic mass is 16.5. The van der Waals surface area contributed by atoms with Gasteiger partial charge in [-0.25, -0.2) is 9.97 Å². The van der Waals surface area contributed by atoms with Gasteiger partial charge in [-0.15, -0.1) is 0 Å². The molecule has 3 N–H and O–H groups in total. The zero-order chi connectivity index (χ0) is 21.8. The van der Waals surface area contributed by atoms with Gasteiger partial charge in [-0.1, -0.05) is 27.7 Å². The van der Waals surface area contributed by atoms with Crippen LogP contribution in [0.5, 0.6) is 5.75 Å². The van der Waals surface area contributed by atoms with Gasteiger partial charge in [0.15, 0.2) is 0 Å². The van der Waals surface area contributed by atoms with Gasteiger partial charge < -0.3 is 20.1 Å². The van der Waals surface area contributed by atoms with Gasteiger partial charge in [-0.3, -0.25) is 5.41 Å². The fourth-order valence-corrected chi connectivity index (χ4v) is 2.69. The van der Waals surface area contributed by atoms with Gasteiger partial charge in [0.25, 0.3) is 0 Å². The van der Waals surface area contributed by atoms with Crippen molar-refractivity contribution in [1.82, 2.24) is 9.97 Å². The van der Waals surface area contributed by atoms with Gasteiger partial charge in [0.1, 0.15) is 17.4 Å². The molecule has 0 spiro atoms. The van der Waals surface area contributed by atoms with E-state index in [1.807, 2.05) is 53.7 Å². The van der Waals surface area contributed by atoms with E-state index in [2.05, 4.69) is 14.9 Å². The Labute approximate surface area is 174 Å². The average molecular weight is 402 g/mol. The molecule has 3 rings (SSSR count). The number of hydrogen-bond donors (Lipinski definition) is 2. The number of morpholine rings is 1. The number of hydrogen-bond acceptors (Lipinski definition) is 7. The van der Waals surface area contributed by atoms with Crippen molar-refractivity contribution in [1.29, 1.82) is 5.41 Å². The fourth-order valence-electron chi connectivity index (χ4n) is 2.69. The maximum absolute atomic E-state index is 8.55. The van der Waals surface area contributed by atoms with Crippen molar-refractivity contribution >= 4 is 17.3 Å². The van der Waals surface area contributed by atoms with Crippen molar-refractivity contribution in [3.63, 3.8) is 0 Å². The van der Waals surface area contributed by atoms with Crippen LogP contribution >= 0.6 is 0 Å². The minimum atomic E-state index is 0.0290. The van der Waals surface area contributed by atoms with Crippen LogP contribution in [0, 0.1) is 5.41 Å². The number of nitrogens with one attached hydrogen (secondary N) is 1. The lowest BCUT2D eigenvalue weighted by Crippen LogP contribution is -2.36. The van der Waals surface area contributed by atoms with E-state index in [0.717, 1.165) is 24.5 Å². The maximum Gasteiger partial charge on any atom is 0.138 e. The van der Waals surface area contributed by atoms with Crippen LogP contribution in [0.3, 0.4) is 0 Å². The molecule has 1 fully saturated rings. The topological polar surface area (TPSA) is 97.4 Å². The number of anilines is 2. The fraction of sp³-hybridized carbons (Fsp3) is 0.500. The second kappa shape index (κ2) is 12.7. The summed E-state index contributed by atoms with van der Waals surface area (Å²) in [5.74, 6) is 1.75. The molecule has 0 radical (unpaired) electrons. The average Bonchev–Trinajstić information content (AvgIpc) is 2.78. The third-order valence-electron chi connectivity index (χ3n) is 3.90. The summed E-state index contributed by atoms with van der Waals surface area (Å²) < 4.78 is 11.0. The van der Waals surface area contributed by atoms with Crippen molar-refractivity contribution in [2.75, 3.05) is 36.9 Å². The molecule has 160 valence electrons. The number of pyridine rings is 2. The first-order valence-electron chi connectivity index (χ1n) is 10.3. The summed E-state index contributed by atoms with van der Waals surface area (Å²) >= 11 is 0. The molecule has 2 aromatic rings. The number of nitrogen functional groups attached to an aromatic ring is 1. The van der Waals surface area contributed by atoms with Crippen molar-refractivity contribution < 1.29 is 9.47 Å². The highest BCUT2D eigenvalue weighted by molar-refractivity contribution is 6.13. The molecule has 0 aliphatic carbocycles. The van der Waals surface area contributed by atoms with Crippen LogP contribution in [0.25, 0.3) is 0 Å². The van der Waals surface area contributed by atoms with E-state index in [9.17, 15) is 0 Å². The molecule has 7 nitrogen and oxygen atoms in total. The van der Waals surface area contributed by atoms with Gasteiger partial charge in [-0.2, -0.15) is 0 Å². The second-order valence-corrected chi connectivity index (χ2v) is 6.15. The van der Waals surface area contributed by atoms with E-state index in [1.165, 1.54) is 0 Å².